The molecule has 0 bridgehead atoms. The van der Waals surface area contributed by atoms with Crippen molar-refractivity contribution in [1.29, 1.82) is 0 Å². The zero-order valence-corrected chi connectivity index (χ0v) is 11.2. The van der Waals surface area contributed by atoms with E-state index in [1.54, 1.807) is 37.3 Å². The van der Waals surface area contributed by atoms with Crippen molar-refractivity contribution in [2.75, 3.05) is 18.1 Å². The minimum atomic E-state index is -1.20. The number of amides is 1. The van der Waals surface area contributed by atoms with Gasteiger partial charge < -0.3 is 14.7 Å². The summed E-state index contributed by atoms with van der Waals surface area (Å²) in [5, 5.41) is 8.70. The number of anilines is 1. The average Bonchev–Trinajstić information content (AvgIpc) is 2.39. The Labute approximate surface area is 117 Å². The third kappa shape index (κ3) is 5.09. The standard InChI is InChI=1S/C14H17NO5/c1-2-20-14(19)8-9-15(12(16)10-13(17)18)11-6-4-3-5-7-11/h3-7H,2,8-10H2,1H3,(H,17,18). The van der Waals surface area contributed by atoms with Crippen LogP contribution in [0.15, 0.2) is 30.3 Å². The Bertz CT molecular complexity index is 472. The zero-order chi connectivity index (χ0) is 15.0. The lowest BCUT2D eigenvalue weighted by molar-refractivity contribution is -0.142. The molecular weight excluding hydrogens is 262 g/mol. The molecular formula is C14H17NO5. The van der Waals surface area contributed by atoms with Gasteiger partial charge in [-0.05, 0) is 19.1 Å². The fourth-order valence-electron chi connectivity index (χ4n) is 1.67. The predicted molar refractivity (Wildman–Crippen MR) is 72.3 cm³/mol. The fraction of sp³-hybridized carbons (Fsp3) is 0.357. The second kappa shape index (κ2) is 7.93. The highest BCUT2D eigenvalue weighted by molar-refractivity contribution is 6.03. The Morgan fingerprint density at radius 3 is 2.40 bits per heavy atom. The summed E-state index contributed by atoms with van der Waals surface area (Å²) < 4.78 is 4.80. The molecule has 0 fully saturated rings. The molecule has 6 heteroatoms. The lowest BCUT2D eigenvalue weighted by Crippen LogP contribution is -2.34. The zero-order valence-electron chi connectivity index (χ0n) is 11.2. The number of carboxylic acid groups (broad SMARTS) is 1. The van der Waals surface area contributed by atoms with Gasteiger partial charge in [-0.15, -0.1) is 0 Å². The Balaban J connectivity index is 2.77. The van der Waals surface area contributed by atoms with E-state index in [4.69, 9.17) is 9.84 Å². The van der Waals surface area contributed by atoms with Gasteiger partial charge in [-0.3, -0.25) is 14.4 Å². The molecule has 0 aliphatic carbocycles. The van der Waals surface area contributed by atoms with Gasteiger partial charge in [-0.2, -0.15) is 0 Å². The van der Waals surface area contributed by atoms with Crippen molar-refractivity contribution in [3.63, 3.8) is 0 Å². The molecule has 0 heterocycles. The van der Waals surface area contributed by atoms with E-state index in [2.05, 4.69) is 0 Å². The monoisotopic (exact) mass is 279 g/mol. The number of nitrogens with zero attached hydrogens (tertiary/aromatic N) is 1. The van der Waals surface area contributed by atoms with E-state index in [0.717, 1.165) is 0 Å². The van der Waals surface area contributed by atoms with E-state index >= 15 is 0 Å². The van der Waals surface area contributed by atoms with Crippen molar-refractivity contribution in [2.45, 2.75) is 19.8 Å². The summed E-state index contributed by atoms with van der Waals surface area (Å²) in [7, 11) is 0. The molecule has 0 spiro atoms. The van der Waals surface area contributed by atoms with Crippen LogP contribution in [-0.4, -0.2) is 36.1 Å². The molecule has 1 aromatic rings. The highest BCUT2D eigenvalue weighted by Gasteiger charge is 2.19. The van der Waals surface area contributed by atoms with Crippen molar-refractivity contribution in [3.8, 4) is 0 Å². The number of hydrogen-bond acceptors (Lipinski definition) is 4. The molecule has 1 N–H and O–H groups in total. The molecule has 0 aliphatic rings. The van der Waals surface area contributed by atoms with Gasteiger partial charge in [-0.1, -0.05) is 18.2 Å². The molecule has 6 nitrogen and oxygen atoms in total. The molecule has 1 amide bonds. The third-order valence-corrected chi connectivity index (χ3v) is 2.52. The van der Waals surface area contributed by atoms with Crippen LogP contribution >= 0.6 is 0 Å². The summed E-state index contributed by atoms with van der Waals surface area (Å²) in [6.07, 6.45) is -0.591. The largest absolute Gasteiger partial charge is 0.481 e. The van der Waals surface area contributed by atoms with Crippen molar-refractivity contribution in [1.82, 2.24) is 0 Å². The second-order valence-corrected chi connectivity index (χ2v) is 4.01. The van der Waals surface area contributed by atoms with Gasteiger partial charge >= 0.3 is 11.9 Å². The lowest BCUT2D eigenvalue weighted by atomic mass is 10.2. The summed E-state index contributed by atoms with van der Waals surface area (Å²) >= 11 is 0. The van der Waals surface area contributed by atoms with E-state index < -0.39 is 24.3 Å². The van der Waals surface area contributed by atoms with Gasteiger partial charge in [0.1, 0.15) is 6.42 Å². The van der Waals surface area contributed by atoms with E-state index in [0.29, 0.717) is 5.69 Å². The van der Waals surface area contributed by atoms with Crippen molar-refractivity contribution in [3.05, 3.63) is 30.3 Å². The number of hydrogen-bond donors (Lipinski definition) is 1. The molecule has 0 unspecified atom stereocenters. The summed E-state index contributed by atoms with van der Waals surface area (Å²) in [4.78, 5) is 35.2. The molecule has 0 radical (unpaired) electrons. The van der Waals surface area contributed by atoms with Crippen LogP contribution in [-0.2, 0) is 19.1 Å². The average molecular weight is 279 g/mol. The van der Waals surface area contributed by atoms with Gasteiger partial charge in [0.15, 0.2) is 0 Å². The quantitative estimate of drug-likeness (QED) is 0.603. The molecule has 0 saturated heterocycles. The van der Waals surface area contributed by atoms with Gasteiger partial charge in [0.25, 0.3) is 0 Å². The Morgan fingerprint density at radius 2 is 1.85 bits per heavy atom. The Kier molecular flexibility index (Phi) is 6.22. The van der Waals surface area contributed by atoms with E-state index in [1.807, 2.05) is 0 Å². The number of rotatable bonds is 7. The Hall–Kier alpha value is -2.37. The van der Waals surface area contributed by atoms with Crippen molar-refractivity contribution >= 4 is 23.5 Å². The fourth-order valence-corrected chi connectivity index (χ4v) is 1.67. The number of carbonyl (C=O) groups is 3. The van der Waals surface area contributed by atoms with Crippen LogP contribution in [0.4, 0.5) is 5.69 Å². The van der Waals surface area contributed by atoms with E-state index in [-0.39, 0.29) is 19.6 Å². The second-order valence-electron chi connectivity index (χ2n) is 4.01. The van der Waals surface area contributed by atoms with Crippen LogP contribution in [0, 0.1) is 0 Å². The number of para-hydroxylation sites is 1. The highest BCUT2D eigenvalue weighted by Crippen LogP contribution is 2.15. The number of carbonyl (C=O) groups excluding carboxylic acids is 2. The third-order valence-electron chi connectivity index (χ3n) is 2.52. The molecule has 108 valence electrons. The molecule has 0 saturated carbocycles. The molecule has 1 aromatic carbocycles. The minimum Gasteiger partial charge on any atom is -0.481 e. The first-order chi connectivity index (χ1) is 9.54. The number of aliphatic carboxylic acids is 1. The molecule has 0 aromatic heterocycles. The van der Waals surface area contributed by atoms with Gasteiger partial charge in [0.2, 0.25) is 5.91 Å². The number of carboxylic acids is 1. The van der Waals surface area contributed by atoms with E-state index in [1.165, 1.54) is 4.90 Å². The summed E-state index contributed by atoms with van der Waals surface area (Å²) in [5.74, 6) is -2.18. The van der Waals surface area contributed by atoms with Crippen LogP contribution in [0.5, 0.6) is 0 Å². The summed E-state index contributed by atoms with van der Waals surface area (Å²) in [5.41, 5.74) is 0.558. The van der Waals surface area contributed by atoms with Crippen molar-refractivity contribution < 1.29 is 24.2 Å². The first-order valence-corrected chi connectivity index (χ1v) is 6.27. The van der Waals surface area contributed by atoms with Crippen LogP contribution in [0.25, 0.3) is 0 Å². The number of esters is 1. The first kappa shape index (κ1) is 15.7. The SMILES string of the molecule is CCOC(=O)CCN(C(=O)CC(=O)O)c1ccccc1. The lowest BCUT2D eigenvalue weighted by Gasteiger charge is -2.21. The maximum atomic E-state index is 11.9. The molecule has 0 atom stereocenters. The van der Waals surface area contributed by atoms with Crippen LogP contribution in [0.1, 0.15) is 19.8 Å². The predicted octanol–water partition coefficient (Wildman–Crippen LogP) is 1.45. The minimum absolute atomic E-state index is 0.0219. The highest BCUT2D eigenvalue weighted by atomic mass is 16.5. The van der Waals surface area contributed by atoms with Crippen LogP contribution < -0.4 is 4.90 Å². The topological polar surface area (TPSA) is 83.9 Å². The summed E-state index contributed by atoms with van der Waals surface area (Å²) in [6.45, 7) is 2.06. The van der Waals surface area contributed by atoms with Crippen molar-refractivity contribution in [2.24, 2.45) is 0 Å². The summed E-state index contributed by atoms with van der Waals surface area (Å²) in [6, 6.07) is 8.63. The van der Waals surface area contributed by atoms with Gasteiger partial charge in [0.05, 0.1) is 13.0 Å². The first-order valence-electron chi connectivity index (χ1n) is 6.27. The van der Waals surface area contributed by atoms with Gasteiger partial charge in [-0.25, -0.2) is 0 Å². The van der Waals surface area contributed by atoms with Gasteiger partial charge in [0, 0.05) is 12.2 Å². The molecule has 0 aliphatic heterocycles. The molecule has 1 rings (SSSR count). The number of benzene rings is 1. The van der Waals surface area contributed by atoms with Crippen LogP contribution in [0.3, 0.4) is 0 Å². The van der Waals surface area contributed by atoms with E-state index in [9.17, 15) is 14.4 Å². The normalized spacial score (nSPS) is 9.85. The Morgan fingerprint density at radius 1 is 1.20 bits per heavy atom. The van der Waals surface area contributed by atoms with Crippen LogP contribution in [0.2, 0.25) is 0 Å². The maximum Gasteiger partial charge on any atom is 0.312 e. The smallest absolute Gasteiger partial charge is 0.312 e. The number of ether oxygens (including phenoxy) is 1. The maximum absolute atomic E-state index is 11.9. The molecule has 20 heavy (non-hydrogen) atoms.